The van der Waals surface area contributed by atoms with Crippen LogP contribution in [0.15, 0.2) is 35.1 Å². The Balaban J connectivity index is 2.18. The normalized spacial score (nSPS) is 10.3. The molecule has 6 heteroatoms. The van der Waals surface area contributed by atoms with Crippen LogP contribution in [-0.4, -0.2) is 24.1 Å². The van der Waals surface area contributed by atoms with Crippen LogP contribution in [0.3, 0.4) is 0 Å². The summed E-state index contributed by atoms with van der Waals surface area (Å²) in [6.07, 6.45) is 3.28. The lowest BCUT2D eigenvalue weighted by Gasteiger charge is -2.09. The highest BCUT2D eigenvalue weighted by atomic mass is 79.9. The van der Waals surface area contributed by atoms with E-state index in [2.05, 4.69) is 31.2 Å². The zero-order chi connectivity index (χ0) is 13.7. The summed E-state index contributed by atoms with van der Waals surface area (Å²) in [5, 5.41) is 3.02. The van der Waals surface area contributed by atoms with Crippen molar-refractivity contribution >= 4 is 15.9 Å². The van der Waals surface area contributed by atoms with Gasteiger partial charge in [-0.1, -0.05) is 0 Å². The molecule has 0 bridgehead atoms. The zero-order valence-electron chi connectivity index (χ0n) is 10.7. The predicted octanol–water partition coefficient (Wildman–Crippen LogP) is 2.76. The van der Waals surface area contributed by atoms with E-state index in [4.69, 9.17) is 9.47 Å². The molecule has 0 spiro atoms. The SMILES string of the molecule is CNCc1cncc(Oc2ccc(OC)cc2Br)n1. The van der Waals surface area contributed by atoms with Gasteiger partial charge in [-0.3, -0.25) is 4.98 Å². The molecule has 0 unspecified atom stereocenters. The van der Waals surface area contributed by atoms with E-state index in [1.807, 2.05) is 25.2 Å². The Morgan fingerprint density at radius 1 is 1.32 bits per heavy atom. The van der Waals surface area contributed by atoms with Gasteiger partial charge in [-0.25, -0.2) is 4.98 Å². The predicted molar refractivity (Wildman–Crippen MR) is 75.6 cm³/mol. The van der Waals surface area contributed by atoms with Gasteiger partial charge < -0.3 is 14.8 Å². The quantitative estimate of drug-likeness (QED) is 0.916. The third kappa shape index (κ3) is 3.65. The molecular weight excluding hydrogens is 310 g/mol. The number of nitrogens with zero attached hydrogens (tertiary/aromatic N) is 2. The Morgan fingerprint density at radius 3 is 2.84 bits per heavy atom. The maximum atomic E-state index is 5.69. The van der Waals surface area contributed by atoms with Crippen molar-refractivity contribution < 1.29 is 9.47 Å². The molecule has 0 aliphatic heterocycles. The van der Waals surface area contributed by atoms with Crippen LogP contribution in [-0.2, 0) is 6.54 Å². The van der Waals surface area contributed by atoms with Crippen molar-refractivity contribution in [2.75, 3.05) is 14.2 Å². The number of hydrogen-bond donors (Lipinski definition) is 1. The van der Waals surface area contributed by atoms with E-state index in [1.165, 1.54) is 0 Å². The summed E-state index contributed by atoms with van der Waals surface area (Å²) in [5.41, 5.74) is 0.824. The largest absolute Gasteiger partial charge is 0.497 e. The van der Waals surface area contributed by atoms with Crippen molar-refractivity contribution in [1.29, 1.82) is 0 Å². The Morgan fingerprint density at radius 2 is 2.16 bits per heavy atom. The summed E-state index contributed by atoms with van der Waals surface area (Å²) >= 11 is 3.43. The summed E-state index contributed by atoms with van der Waals surface area (Å²) in [6.45, 7) is 0.647. The van der Waals surface area contributed by atoms with Gasteiger partial charge in [0, 0.05) is 12.7 Å². The molecule has 1 N–H and O–H groups in total. The number of rotatable bonds is 5. The highest BCUT2D eigenvalue weighted by Gasteiger charge is 2.06. The summed E-state index contributed by atoms with van der Waals surface area (Å²) in [7, 11) is 3.48. The first kappa shape index (κ1) is 13.8. The van der Waals surface area contributed by atoms with Crippen molar-refractivity contribution in [3.05, 3.63) is 40.8 Å². The van der Waals surface area contributed by atoms with Gasteiger partial charge in [-0.15, -0.1) is 0 Å². The zero-order valence-corrected chi connectivity index (χ0v) is 12.3. The van der Waals surface area contributed by atoms with Gasteiger partial charge in [0.15, 0.2) is 0 Å². The third-order valence-electron chi connectivity index (χ3n) is 2.37. The maximum absolute atomic E-state index is 5.69. The summed E-state index contributed by atoms with van der Waals surface area (Å²) in [4.78, 5) is 8.44. The lowest BCUT2D eigenvalue weighted by Crippen LogP contribution is -2.07. The van der Waals surface area contributed by atoms with Crippen LogP contribution in [0.5, 0.6) is 17.4 Å². The molecule has 0 saturated heterocycles. The Bertz CT molecular complexity index is 563. The number of halogens is 1. The van der Waals surface area contributed by atoms with Crippen LogP contribution in [0.2, 0.25) is 0 Å². The smallest absolute Gasteiger partial charge is 0.238 e. The van der Waals surface area contributed by atoms with Gasteiger partial charge in [-0.05, 0) is 41.2 Å². The highest BCUT2D eigenvalue weighted by Crippen LogP contribution is 2.31. The van der Waals surface area contributed by atoms with Gasteiger partial charge in [0.2, 0.25) is 5.88 Å². The van der Waals surface area contributed by atoms with Crippen LogP contribution in [0.25, 0.3) is 0 Å². The lowest BCUT2D eigenvalue weighted by atomic mass is 10.3. The van der Waals surface area contributed by atoms with Crippen LogP contribution < -0.4 is 14.8 Å². The molecule has 1 aromatic carbocycles. The van der Waals surface area contributed by atoms with Crippen molar-refractivity contribution in [2.45, 2.75) is 6.54 Å². The second kappa shape index (κ2) is 6.49. The van der Waals surface area contributed by atoms with Crippen LogP contribution in [0.1, 0.15) is 5.69 Å². The van der Waals surface area contributed by atoms with Crippen LogP contribution >= 0.6 is 15.9 Å². The minimum atomic E-state index is 0.457. The molecule has 100 valence electrons. The van der Waals surface area contributed by atoms with E-state index < -0.39 is 0 Å². The van der Waals surface area contributed by atoms with E-state index in [9.17, 15) is 0 Å². The number of nitrogens with one attached hydrogen (secondary N) is 1. The molecule has 1 aromatic heterocycles. The first-order chi connectivity index (χ1) is 9.22. The molecule has 0 saturated carbocycles. The fourth-order valence-corrected chi connectivity index (χ4v) is 1.94. The minimum absolute atomic E-state index is 0.457. The first-order valence-electron chi connectivity index (χ1n) is 5.70. The monoisotopic (exact) mass is 323 g/mol. The number of methoxy groups -OCH3 is 1. The number of hydrogen-bond acceptors (Lipinski definition) is 5. The molecule has 0 radical (unpaired) electrons. The van der Waals surface area contributed by atoms with E-state index in [0.717, 1.165) is 15.9 Å². The maximum Gasteiger partial charge on any atom is 0.238 e. The van der Waals surface area contributed by atoms with Gasteiger partial charge in [0.1, 0.15) is 11.5 Å². The molecule has 0 aliphatic carbocycles. The molecule has 5 nitrogen and oxygen atoms in total. The Labute approximate surface area is 120 Å². The molecule has 0 fully saturated rings. The fraction of sp³-hybridized carbons (Fsp3) is 0.231. The standard InChI is InChI=1S/C13H14BrN3O2/c1-15-6-9-7-16-8-13(17-9)19-12-4-3-10(18-2)5-11(12)14/h3-5,7-8,15H,6H2,1-2H3. The number of benzene rings is 1. The number of ether oxygens (including phenoxy) is 2. The minimum Gasteiger partial charge on any atom is -0.497 e. The van der Waals surface area contributed by atoms with Crippen molar-refractivity contribution in [3.63, 3.8) is 0 Å². The molecule has 2 aromatic rings. The molecule has 2 rings (SSSR count). The number of aromatic nitrogens is 2. The highest BCUT2D eigenvalue weighted by molar-refractivity contribution is 9.10. The molecule has 0 atom stereocenters. The average molecular weight is 324 g/mol. The van der Waals surface area contributed by atoms with Gasteiger partial charge >= 0.3 is 0 Å². The molecule has 1 heterocycles. The lowest BCUT2D eigenvalue weighted by molar-refractivity contribution is 0.411. The fourth-order valence-electron chi connectivity index (χ4n) is 1.51. The second-order valence-corrected chi connectivity index (χ2v) is 4.63. The van der Waals surface area contributed by atoms with Gasteiger partial charge in [-0.2, -0.15) is 0 Å². The molecule has 19 heavy (non-hydrogen) atoms. The van der Waals surface area contributed by atoms with Gasteiger partial charge in [0.05, 0.1) is 23.5 Å². The molecule has 0 aliphatic rings. The van der Waals surface area contributed by atoms with E-state index >= 15 is 0 Å². The molecule has 0 amide bonds. The summed E-state index contributed by atoms with van der Waals surface area (Å²) in [5.74, 6) is 1.88. The van der Waals surface area contributed by atoms with Crippen molar-refractivity contribution in [1.82, 2.24) is 15.3 Å². The summed E-state index contributed by atoms with van der Waals surface area (Å²) < 4.78 is 11.6. The van der Waals surface area contributed by atoms with Gasteiger partial charge in [0.25, 0.3) is 0 Å². The topological polar surface area (TPSA) is 56.3 Å². The van der Waals surface area contributed by atoms with Crippen LogP contribution in [0.4, 0.5) is 0 Å². The van der Waals surface area contributed by atoms with E-state index in [1.54, 1.807) is 19.5 Å². The first-order valence-corrected chi connectivity index (χ1v) is 6.49. The van der Waals surface area contributed by atoms with Crippen molar-refractivity contribution in [3.8, 4) is 17.4 Å². The second-order valence-electron chi connectivity index (χ2n) is 3.78. The average Bonchev–Trinajstić information content (AvgIpc) is 2.42. The third-order valence-corrected chi connectivity index (χ3v) is 2.99. The van der Waals surface area contributed by atoms with Crippen molar-refractivity contribution in [2.24, 2.45) is 0 Å². The van der Waals surface area contributed by atoms with E-state index in [-0.39, 0.29) is 0 Å². The summed E-state index contributed by atoms with van der Waals surface area (Å²) in [6, 6.07) is 5.47. The Kier molecular flexibility index (Phi) is 4.70. The van der Waals surface area contributed by atoms with E-state index in [0.29, 0.717) is 18.2 Å². The Hall–Kier alpha value is -1.66. The molecular formula is C13H14BrN3O2. The van der Waals surface area contributed by atoms with Crippen LogP contribution in [0, 0.1) is 0 Å².